The number of hydrogen-bond donors (Lipinski definition) is 0. The predicted molar refractivity (Wildman–Crippen MR) is 219 cm³/mol. The molecule has 0 N–H and O–H groups in total. The molecule has 0 bridgehead atoms. The van der Waals surface area contributed by atoms with E-state index in [9.17, 15) is 0 Å². The van der Waals surface area contributed by atoms with Crippen molar-refractivity contribution in [2.24, 2.45) is 0 Å². The number of hydrogen-bond acceptors (Lipinski definition) is 2. The highest BCUT2D eigenvalue weighted by atomic mass is 32.1. The highest BCUT2D eigenvalue weighted by Crippen LogP contribution is 2.44. The maximum absolute atomic E-state index is 2.41. The van der Waals surface area contributed by atoms with Crippen LogP contribution < -0.4 is 4.90 Å². The third-order valence-electron chi connectivity index (χ3n) is 10.00. The van der Waals surface area contributed by atoms with Gasteiger partial charge in [-0.25, -0.2) is 0 Å². The number of aromatic nitrogens is 1. The van der Waals surface area contributed by atoms with Gasteiger partial charge in [0.15, 0.2) is 0 Å². The maximum Gasteiger partial charge on any atom is 0.0542 e. The van der Waals surface area contributed by atoms with Gasteiger partial charge in [0.05, 0.1) is 16.7 Å². The van der Waals surface area contributed by atoms with E-state index in [1.54, 1.807) is 0 Å². The lowest BCUT2D eigenvalue weighted by Crippen LogP contribution is -2.11. The number of thiophene rings is 1. The van der Waals surface area contributed by atoms with Crippen LogP contribution in [0.25, 0.3) is 69.9 Å². The van der Waals surface area contributed by atoms with E-state index < -0.39 is 0 Å². The molecule has 0 saturated heterocycles. The summed E-state index contributed by atoms with van der Waals surface area (Å²) in [6.07, 6.45) is 0. The van der Waals surface area contributed by atoms with Gasteiger partial charge in [-0.2, -0.15) is 0 Å². The Kier molecular flexibility index (Phi) is 7.04. The molecule has 0 unspecified atom stereocenters. The van der Waals surface area contributed by atoms with Gasteiger partial charge in [-0.05, 0) is 83.4 Å². The van der Waals surface area contributed by atoms with Crippen molar-refractivity contribution >= 4 is 70.4 Å². The Labute approximate surface area is 300 Å². The molecule has 0 amide bonds. The minimum Gasteiger partial charge on any atom is -0.310 e. The molecule has 0 radical (unpaired) electrons. The smallest absolute Gasteiger partial charge is 0.0542 e. The molecule has 8 aromatic carbocycles. The predicted octanol–water partition coefficient (Wildman–Crippen LogP) is 14.0. The second-order valence-corrected chi connectivity index (χ2v) is 14.0. The Morgan fingerprint density at radius 1 is 0.373 bits per heavy atom. The number of para-hydroxylation sites is 3. The monoisotopic (exact) mass is 668 g/mol. The molecule has 0 aliphatic carbocycles. The summed E-state index contributed by atoms with van der Waals surface area (Å²) in [5, 5.41) is 5.11. The maximum atomic E-state index is 2.41. The minimum atomic E-state index is 1.11. The second kappa shape index (κ2) is 12.2. The first-order chi connectivity index (χ1) is 25.3. The third kappa shape index (κ3) is 5.01. The van der Waals surface area contributed by atoms with Crippen molar-refractivity contribution in [1.82, 2.24) is 4.57 Å². The van der Waals surface area contributed by atoms with E-state index in [2.05, 4.69) is 204 Å². The van der Waals surface area contributed by atoms with E-state index in [1.165, 1.54) is 64.2 Å². The highest BCUT2D eigenvalue weighted by molar-refractivity contribution is 7.25. The molecule has 0 fully saturated rings. The molecular formula is C48H32N2S. The van der Waals surface area contributed by atoms with Gasteiger partial charge in [0, 0.05) is 53.6 Å². The molecule has 10 aromatic rings. The topological polar surface area (TPSA) is 8.17 Å². The van der Waals surface area contributed by atoms with E-state index >= 15 is 0 Å². The fourth-order valence-electron chi connectivity index (χ4n) is 7.62. The fourth-order valence-corrected chi connectivity index (χ4v) is 8.77. The van der Waals surface area contributed by atoms with Gasteiger partial charge in [0.2, 0.25) is 0 Å². The number of anilines is 3. The SMILES string of the molecule is c1ccc(-c2ccccc2N(c2ccc(-c3ccc4c(c3)sc3ccccc34)cc2)c2ccc3c(c2)c2ccccc2n3-c2ccccc2)cc1. The molecular weight excluding hydrogens is 637 g/mol. The van der Waals surface area contributed by atoms with Crippen molar-refractivity contribution in [2.75, 3.05) is 4.90 Å². The Hall–Kier alpha value is -6.42. The van der Waals surface area contributed by atoms with Crippen LogP contribution in [0.5, 0.6) is 0 Å². The van der Waals surface area contributed by atoms with Gasteiger partial charge in [0.25, 0.3) is 0 Å². The number of nitrogens with zero attached hydrogens (tertiary/aromatic N) is 2. The molecule has 51 heavy (non-hydrogen) atoms. The van der Waals surface area contributed by atoms with E-state index in [4.69, 9.17) is 0 Å². The number of rotatable bonds is 6. The largest absolute Gasteiger partial charge is 0.310 e. The van der Waals surface area contributed by atoms with Crippen molar-refractivity contribution in [2.45, 2.75) is 0 Å². The first-order valence-electron chi connectivity index (χ1n) is 17.4. The van der Waals surface area contributed by atoms with Gasteiger partial charge in [-0.15, -0.1) is 11.3 Å². The van der Waals surface area contributed by atoms with Gasteiger partial charge in [-0.1, -0.05) is 127 Å². The molecule has 3 heteroatoms. The normalized spacial score (nSPS) is 11.5. The minimum absolute atomic E-state index is 1.11. The zero-order valence-corrected chi connectivity index (χ0v) is 28.6. The zero-order chi connectivity index (χ0) is 33.7. The zero-order valence-electron chi connectivity index (χ0n) is 27.8. The highest BCUT2D eigenvalue weighted by Gasteiger charge is 2.20. The van der Waals surface area contributed by atoms with Crippen molar-refractivity contribution in [3.8, 4) is 27.9 Å². The first kappa shape index (κ1) is 29.5. The van der Waals surface area contributed by atoms with Crippen molar-refractivity contribution < 1.29 is 0 Å². The Balaban J connectivity index is 1.14. The number of fused-ring (bicyclic) bond motifs is 6. The average Bonchev–Trinajstić information content (AvgIpc) is 3.74. The van der Waals surface area contributed by atoms with Gasteiger partial charge < -0.3 is 9.47 Å². The summed E-state index contributed by atoms with van der Waals surface area (Å²) in [6, 6.07) is 70.4. The molecule has 0 atom stereocenters. The molecule has 2 aromatic heterocycles. The Morgan fingerprint density at radius 3 is 1.84 bits per heavy atom. The van der Waals surface area contributed by atoms with E-state index in [0.29, 0.717) is 0 Å². The molecule has 0 spiro atoms. The van der Waals surface area contributed by atoms with Crippen LogP contribution in [0.2, 0.25) is 0 Å². The van der Waals surface area contributed by atoms with E-state index in [1.807, 2.05) is 11.3 Å². The summed E-state index contributed by atoms with van der Waals surface area (Å²) in [5.41, 5.74) is 11.7. The molecule has 0 aliphatic heterocycles. The first-order valence-corrected chi connectivity index (χ1v) is 18.2. The van der Waals surface area contributed by atoms with E-state index in [-0.39, 0.29) is 0 Å². The lowest BCUT2D eigenvalue weighted by Gasteiger charge is -2.28. The van der Waals surface area contributed by atoms with Crippen molar-refractivity contribution in [3.63, 3.8) is 0 Å². The van der Waals surface area contributed by atoms with Crippen LogP contribution in [0.15, 0.2) is 194 Å². The molecule has 2 heterocycles. The fraction of sp³-hybridized carbons (Fsp3) is 0. The van der Waals surface area contributed by atoms with Gasteiger partial charge >= 0.3 is 0 Å². The quantitative estimate of drug-likeness (QED) is 0.171. The van der Waals surface area contributed by atoms with Crippen molar-refractivity contribution in [3.05, 3.63) is 194 Å². The summed E-state index contributed by atoms with van der Waals surface area (Å²) >= 11 is 1.86. The lowest BCUT2D eigenvalue weighted by atomic mass is 10.0. The summed E-state index contributed by atoms with van der Waals surface area (Å²) in [6.45, 7) is 0. The summed E-state index contributed by atoms with van der Waals surface area (Å²) < 4.78 is 5.02. The Bertz CT molecular complexity index is 2850. The summed E-state index contributed by atoms with van der Waals surface area (Å²) in [7, 11) is 0. The Morgan fingerprint density at radius 2 is 1.00 bits per heavy atom. The van der Waals surface area contributed by atoms with E-state index in [0.717, 1.165) is 22.7 Å². The van der Waals surface area contributed by atoms with Crippen LogP contribution >= 0.6 is 11.3 Å². The molecule has 10 rings (SSSR count). The van der Waals surface area contributed by atoms with Crippen LogP contribution in [0.1, 0.15) is 0 Å². The number of benzene rings is 8. The van der Waals surface area contributed by atoms with Gasteiger partial charge in [-0.3, -0.25) is 0 Å². The molecule has 0 aliphatic rings. The second-order valence-electron chi connectivity index (χ2n) is 13.0. The van der Waals surface area contributed by atoms with Crippen LogP contribution in [0, 0.1) is 0 Å². The average molecular weight is 669 g/mol. The summed E-state index contributed by atoms with van der Waals surface area (Å²) in [4.78, 5) is 2.41. The van der Waals surface area contributed by atoms with Crippen LogP contribution in [-0.4, -0.2) is 4.57 Å². The standard InChI is InChI=1S/C48H32N2S/c1-3-13-34(14-4-1)39-17-7-10-20-44(39)49(37-26-23-33(24-27-37)35-25-29-42-41-19-9-12-22-47(41)51-48(42)31-35)38-28-30-46-43(32-38)40-18-8-11-21-45(40)50(46)36-15-5-2-6-16-36/h1-32H. The van der Waals surface area contributed by atoms with Crippen LogP contribution in [0.3, 0.4) is 0 Å². The molecule has 240 valence electrons. The third-order valence-corrected chi connectivity index (χ3v) is 11.1. The van der Waals surface area contributed by atoms with Crippen LogP contribution in [0.4, 0.5) is 17.1 Å². The van der Waals surface area contributed by atoms with Crippen LogP contribution in [-0.2, 0) is 0 Å². The molecule has 2 nitrogen and oxygen atoms in total. The van der Waals surface area contributed by atoms with Gasteiger partial charge in [0.1, 0.15) is 0 Å². The van der Waals surface area contributed by atoms with Crippen molar-refractivity contribution in [1.29, 1.82) is 0 Å². The lowest BCUT2D eigenvalue weighted by molar-refractivity contribution is 1.18. The summed E-state index contributed by atoms with van der Waals surface area (Å²) in [5.74, 6) is 0. The molecule has 0 saturated carbocycles.